The van der Waals surface area contributed by atoms with E-state index in [2.05, 4.69) is 0 Å². The summed E-state index contributed by atoms with van der Waals surface area (Å²) in [4.78, 5) is 33.1. The molecule has 1 aromatic heterocycles. The maximum absolute atomic E-state index is 13.8. The van der Waals surface area contributed by atoms with Crippen LogP contribution in [0.1, 0.15) is 5.56 Å². The molecule has 0 spiro atoms. The Morgan fingerprint density at radius 2 is 1.71 bits per heavy atom. The van der Waals surface area contributed by atoms with Gasteiger partial charge in [0.1, 0.15) is 25.7 Å². The first-order chi connectivity index (χ1) is 16.3. The summed E-state index contributed by atoms with van der Waals surface area (Å²) in [6.45, 7) is 0.356. The van der Waals surface area contributed by atoms with Crippen LogP contribution in [-0.2, 0) is 11.3 Å². The van der Waals surface area contributed by atoms with Crippen molar-refractivity contribution in [3.63, 3.8) is 0 Å². The van der Waals surface area contributed by atoms with Gasteiger partial charge in [0, 0.05) is 32.1 Å². The van der Waals surface area contributed by atoms with Crippen molar-refractivity contribution in [1.82, 2.24) is 14.4 Å². The summed E-state index contributed by atoms with van der Waals surface area (Å²) in [5.41, 5.74) is 2.24. The number of carbonyl (C=O) groups is 1. The number of benzene rings is 2. The molecule has 174 valence electrons. The van der Waals surface area contributed by atoms with E-state index < -0.39 is 0 Å². The Hall–Kier alpha value is -3.08. The number of likely N-dealkylation sites (N-methyl/N-ethyl adjacent to an activating group) is 2. The van der Waals surface area contributed by atoms with Gasteiger partial charge in [-0.25, -0.2) is 0 Å². The Balaban J connectivity index is 1.78. The molecule has 5 rings (SSSR count). The number of methoxy groups -OCH3 is 1. The van der Waals surface area contributed by atoms with E-state index >= 15 is 0 Å². The first-order valence-electron chi connectivity index (χ1n) is 10.5. The molecule has 1 saturated heterocycles. The number of hydrogen-bond acceptors (Lipinski definition) is 7. The highest BCUT2D eigenvalue weighted by Gasteiger charge is 2.35. The maximum atomic E-state index is 13.8. The number of hydrogen-bond donors (Lipinski definition) is 0. The average Bonchev–Trinajstić information content (AvgIpc) is 3.40. The van der Waals surface area contributed by atoms with Gasteiger partial charge in [-0.05, 0) is 29.9 Å². The number of carbonyl (C=O) groups excluding carboxylic acids is 1. The van der Waals surface area contributed by atoms with Gasteiger partial charge in [0.25, 0.3) is 11.5 Å². The van der Waals surface area contributed by atoms with E-state index in [1.807, 2.05) is 60.5 Å². The molecule has 1 fully saturated rings. The van der Waals surface area contributed by atoms with Crippen LogP contribution in [0.5, 0.6) is 5.75 Å². The number of thioether (sulfide) groups is 1. The molecule has 0 unspecified atom stereocenters. The summed E-state index contributed by atoms with van der Waals surface area (Å²) in [6.07, 6.45) is 0. The topological polar surface area (TPSA) is 58.0 Å². The number of nitrogens with zero attached hydrogens (tertiary/aromatic N) is 4. The standard InChI is InChI=1S/C24H22N4O3S3/c1-25-16-12-15(31-4)10-11-17(16)33-23(25)19-21(30)28(13-14-8-6-5-7-9-14)22(34-19)18-20(29)27(3)24(32)26(18)2/h5-12H,13H2,1-4H3/b22-18?,23-19-. The molecule has 34 heavy (non-hydrogen) atoms. The Kier molecular flexibility index (Phi) is 5.75. The van der Waals surface area contributed by atoms with Crippen molar-refractivity contribution in [2.24, 2.45) is 0 Å². The quantitative estimate of drug-likeness (QED) is 0.500. The molecule has 0 saturated carbocycles. The fourth-order valence-corrected chi connectivity index (χ4v) is 6.71. The molecule has 7 nitrogen and oxygen atoms in total. The molecule has 0 radical (unpaired) electrons. The number of fused-ring (bicyclic) bond motifs is 1. The monoisotopic (exact) mass is 510 g/mol. The second kappa shape index (κ2) is 8.61. The van der Waals surface area contributed by atoms with Gasteiger partial charge in [-0.2, -0.15) is 0 Å². The van der Waals surface area contributed by atoms with Crippen molar-refractivity contribution in [2.75, 3.05) is 33.2 Å². The zero-order valence-electron chi connectivity index (χ0n) is 19.1. The van der Waals surface area contributed by atoms with Gasteiger partial charge in [0.15, 0.2) is 5.11 Å². The summed E-state index contributed by atoms with van der Waals surface area (Å²) < 4.78 is 8.25. The number of rotatable bonds is 3. The number of amides is 1. The number of aromatic nitrogens is 1. The second-order valence-corrected chi connectivity index (χ2v) is 10.4. The lowest BCUT2D eigenvalue weighted by atomic mass is 10.2. The highest BCUT2D eigenvalue weighted by Crippen LogP contribution is 2.46. The molecule has 2 aliphatic rings. The van der Waals surface area contributed by atoms with Gasteiger partial charge in [-0.15, -0.1) is 11.3 Å². The summed E-state index contributed by atoms with van der Waals surface area (Å²) in [6, 6.07) is 15.6. The molecule has 2 aliphatic heterocycles. The number of thiazole rings is 1. The smallest absolute Gasteiger partial charge is 0.279 e. The molecule has 0 aliphatic carbocycles. The lowest BCUT2D eigenvalue weighted by Gasteiger charge is -2.13. The summed E-state index contributed by atoms with van der Waals surface area (Å²) in [5, 5.41) is 1.24. The third-order valence-corrected chi connectivity index (χ3v) is 9.01. The molecule has 0 N–H and O–H groups in total. The van der Waals surface area contributed by atoms with Crippen LogP contribution >= 0.6 is 35.3 Å². The number of anilines is 1. The summed E-state index contributed by atoms with van der Waals surface area (Å²) in [7, 11) is 7.00. The minimum atomic E-state index is -0.215. The molecule has 1 amide bonds. The molecule has 0 bridgehead atoms. The number of ether oxygens (including phenoxy) is 1. The zero-order chi connectivity index (χ0) is 24.1. The van der Waals surface area contributed by atoms with Crippen molar-refractivity contribution in [3.8, 4) is 5.75 Å². The van der Waals surface area contributed by atoms with E-state index in [4.69, 9.17) is 17.0 Å². The normalized spacial score (nSPS) is 18.8. The van der Waals surface area contributed by atoms with E-state index in [1.165, 1.54) is 16.2 Å². The van der Waals surface area contributed by atoms with Gasteiger partial charge in [0.2, 0.25) is 0 Å². The average molecular weight is 511 g/mol. The van der Waals surface area contributed by atoms with Crippen LogP contribution in [0, 0.1) is 0 Å². The van der Waals surface area contributed by atoms with E-state index in [9.17, 15) is 9.59 Å². The van der Waals surface area contributed by atoms with Crippen molar-refractivity contribution in [2.45, 2.75) is 11.4 Å². The van der Waals surface area contributed by atoms with E-state index in [1.54, 1.807) is 42.4 Å². The molecular weight excluding hydrogens is 488 g/mol. The van der Waals surface area contributed by atoms with Crippen molar-refractivity contribution < 1.29 is 9.53 Å². The highest BCUT2D eigenvalue weighted by atomic mass is 32.2. The summed E-state index contributed by atoms with van der Waals surface area (Å²) >= 11 is 8.30. The molecule has 3 aromatic rings. The Bertz CT molecular complexity index is 1510. The highest BCUT2D eigenvalue weighted by molar-refractivity contribution is 8.08. The van der Waals surface area contributed by atoms with Crippen LogP contribution < -0.4 is 24.4 Å². The minimum absolute atomic E-state index is 0.132. The number of thiocarbonyl (C=S) groups is 1. The first-order valence-corrected chi connectivity index (χ1v) is 12.5. The van der Waals surface area contributed by atoms with Crippen molar-refractivity contribution in [3.05, 3.63) is 73.6 Å². The van der Waals surface area contributed by atoms with Crippen LogP contribution in [0.3, 0.4) is 0 Å². The Morgan fingerprint density at radius 3 is 2.35 bits per heavy atom. The van der Waals surface area contributed by atoms with E-state index in [0.717, 1.165) is 26.9 Å². The van der Waals surface area contributed by atoms with Crippen LogP contribution in [-0.4, -0.2) is 53.6 Å². The van der Waals surface area contributed by atoms with Crippen molar-refractivity contribution >= 4 is 62.7 Å². The fraction of sp³-hybridized carbons (Fsp3) is 0.208. The Labute approximate surface area is 210 Å². The summed E-state index contributed by atoms with van der Waals surface area (Å²) in [5.74, 6) is 0.540. The predicted octanol–water partition coefficient (Wildman–Crippen LogP) is 2.07. The van der Waals surface area contributed by atoms with Gasteiger partial charge >= 0.3 is 0 Å². The van der Waals surface area contributed by atoms with Gasteiger partial charge in [-0.3, -0.25) is 19.1 Å². The van der Waals surface area contributed by atoms with E-state index in [-0.39, 0.29) is 11.5 Å². The SMILES string of the molecule is COc1ccc2c(c1)N(C)/C(=c1/sc(=C3C(=O)N(C)C(=S)N3C)n(Cc3ccccc3)c1=O)S2. The zero-order valence-corrected chi connectivity index (χ0v) is 21.5. The third-order valence-electron chi connectivity index (χ3n) is 5.92. The van der Waals surface area contributed by atoms with Crippen LogP contribution in [0.4, 0.5) is 5.69 Å². The Morgan fingerprint density at radius 1 is 0.971 bits per heavy atom. The maximum Gasteiger partial charge on any atom is 0.279 e. The molecule has 0 atom stereocenters. The molecule has 10 heteroatoms. The van der Waals surface area contributed by atoms with Gasteiger partial charge in [0.05, 0.1) is 19.3 Å². The largest absolute Gasteiger partial charge is 0.497 e. The van der Waals surface area contributed by atoms with Crippen molar-refractivity contribution in [1.29, 1.82) is 0 Å². The molecule has 3 heterocycles. The lowest BCUT2D eigenvalue weighted by Crippen LogP contribution is -2.36. The molecule has 2 aromatic carbocycles. The first kappa shape index (κ1) is 22.7. The second-order valence-electron chi connectivity index (χ2n) is 7.97. The fourth-order valence-electron chi connectivity index (χ4n) is 4.03. The van der Waals surface area contributed by atoms with E-state index in [0.29, 0.717) is 26.5 Å². The van der Waals surface area contributed by atoms with Crippen LogP contribution in [0.25, 0.3) is 10.7 Å². The minimum Gasteiger partial charge on any atom is -0.497 e. The van der Waals surface area contributed by atoms with Crippen LogP contribution in [0.2, 0.25) is 0 Å². The van der Waals surface area contributed by atoms with Gasteiger partial charge in [-0.1, -0.05) is 42.1 Å². The lowest BCUT2D eigenvalue weighted by molar-refractivity contribution is -0.120. The molecular formula is C24H22N4O3S3. The predicted molar refractivity (Wildman–Crippen MR) is 141 cm³/mol. The van der Waals surface area contributed by atoms with Gasteiger partial charge < -0.3 is 14.5 Å². The van der Waals surface area contributed by atoms with Crippen LogP contribution in [0.15, 0.2) is 58.2 Å². The third kappa shape index (κ3) is 3.53.